The van der Waals surface area contributed by atoms with Gasteiger partial charge in [-0.25, -0.2) is 13.2 Å². The van der Waals surface area contributed by atoms with Gasteiger partial charge in [0.05, 0.1) is 18.1 Å². The number of hydrogen-bond donors (Lipinski definition) is 5. The van der Waals surface area contributed by atoms with Crippen molar-refractivity contribution in [3.8, 4) is 0 Å². The Morgan fingerprint density at radius 1 is 1.19 bits per heavy atom. The molecule has 2 saturated heterocycles. The number of rotatable bonds is 15. The molecule has 2 rings (SSSR count). The molecule has 0 aromatic carbocycles. The molecule has 0 spiro atoms. The van der Waals surface area contributed by atoms with Gasteiger partial charge in [-0.1, -0.05) is 6.42 Å². The van der Waals surface area contributed by atoms with Crippen molar-refractivity contribution in [3.63, 3.8) is 0 Å². The van der Waals surface area contributed by atoms with E-state index >= 15 is 0 Å². The Hall–Kier alpha value is -1.18. The molecule has 0 bridgehead atoms. The van der Waals surface area contributed by atoms with Gasteiger partial charge in [0, 0.05) is 42.5 Å². The van der Waals surface area contributed by atoms with E-state index in [1.807, 2.05) is 11.8 Å². The molecule has 2 aliphatic rings. The van der Waals surface area contributed by atoms with Gasteiger partial charge < -0.3 is 27.0 Å². The Morgan fingerprint density at radius 3 is 2.72 bits per heavy atom. The number of urea groups is 1. The van der Waals surface area contributed by atoms with Gasteiger partial charge in [0.15, 0.2) is 8.87 Å². The second-order valence-corrected chi connectivity index (χ2v) is 14.0. The molecule has 2 fully saturated rings. The molecule has 0 radical (unpaired) electrons. The third kappa shape index (κ3) is 10.2. The Morgan fingerprint density at radius 2 is 1.97 bits per heavy atom. The first-order valence-electron chi connectivity index (χ1n) is 11.0. The second kappa shape index (κ2) is 13.5. The average molecular weight is 510 g/mol. The monoisotopic (exact) mass is 509 g/mol. The average Bonchev–Trinajstić information content (AvgIpc) is 3.26. The molecule has 32 heavy (non-hydrogen) atoms. The van der Waals surface area contributed by atoms with E-state index in [1.165, 1.54) is 0 Å². The van der Waals surface area contributed by atoms with Crippen LogP contribution in [0.15, 0.2) is 0 Å². The quantitative estimate of drug-likeness (QED) is 0.118. The van der Waals surface area contributed by atoms with Crippen LogP contribution in [0.1, 0.15) is 44.9 Å². The van der Waals surface area contributed by atoms with Crippen molar-refractivity contribution >= 4 is 49.3 Å². The Bertz CT molecular complexity index is 752. The maximum Gasteiger partial charge on any atom is 0.315 e. The maximum atomic E-state index is 12.0. The molecular formula is C19H35N5O5S3. The zero-order valence-electron chi connectivity index (χ0n) is 18.4. The zero-order chi connectivity index (χ0) is 23.6. The molecule has 4 amide bonds. The predicted molar refractivity (Wildman–Crippen MR) is 129 cm³/mol. The van der Waals surface area contributed by atoms with Crippen molar-refractivity contribution in [1.82, 2.24) is 21.3 Å². The van der Waals surface area contributed by atoms with Crippen LogP contribution >= 0.6 is 22.6 Å². The van der Waals surface area contributed by atoms with Crippen molar-refractivity contribution in [2.75, 3.05) is 30.9 Å². The fraction of sp³-hybridized carbons (Fsp3) is 0.842. The second-order valence-electron chi connectivity index (χ2n) is 8.14. The molecule has 0 aromatic heterocycles. The summed E-state index contributed by atoms with van der Waals surface area (Å²) in [5.74, 6) is 0.978. The largest absolute Gasteiger partial charge is 0.356 e. The van der Waals surface area contributed by atoms with E-state index in [9.17, 15) is 22.8 Å². The Kier molecular flexibility index (Phi) is 11.4. The van der Waals surface area contributed by atoms with Gasteiger partial charge in [-0.2, -0.15) is 11.8 Å². The summed E-state index contributed by atoms with van der Waals surface area (Å²) < 4.78 is 22.0. The fourth-order valence-electron chi connectivity index (χ4n) is 3.71. The van der Waals surface area contributed by atoms with Crippen LogP contribution in [0.5, 0.6) is 0 Å². The van der Waals surface area contributed by atoms with Gasteiger partial charge in [-0.05, 0) is 42.9 Å². The highest BCUT2D eigenvalue weighted by atomic mass is 33.1. The number of unbranched alkanes of at least 4 members (excludes halogenated alkanes) is 2. The van der Waals surface area contributed by atoms with Crippen LogP contribution in [0, 0.1) is 0 Å². The lowest BCUT2D eigenvalue weighted by molar-refractivity contribution is -0.123. The third-order valence-electron chi connectivity index (χ3n) is 5.38. The standard InChI is InChI=1S/C19H35N5O5S3/c1-32(28,29)31-11-10-22-18(26)13(20)6-4-5-9-21-16(25)8-3-2-7-15-17-14(12-30-15)23-19(27)24-17/h13-15,17H,2-12,20H2,1H3,(H,21,25)(H,22,26)(H2,23,24,27)/t13-,14-,15-,17-/m0/s1. The summed E-state index contributed by atoms with van der Waals surface area (Å²) >= 11 is 1.88. The van der Waals surface area contributed by atoms with Crippen LogP contribution < -0.4 is 27.0 Å². The minimum Gasteiger partial charge on any atom is -0.356 e. The Labute approximate surface area is 198 Å². The van der Waals surface area contributed by atoms with E-state index in [1.54, 1.807) is 0 Å². The number of hydrogen-bond acceptors (Lipinski definition) is 8. The number of carbonyl (C=O) groups excluding carboxylic acids is 3. The summed E-state index contributed by atoms with van der Waals surface area (Å²) in [6.07, 6.45) is 6.36. The minimum atomic E-state index is -3.10. The van der Waals surface area contributed by atoms with Crippen molar-refractivity contribution in [2.45, 2.75) is 68.3 Å². The lowest BCUT2D eigenvalue weighted by Gasteiger charge is -2.16. The minimum absolute atomic E-state index is 0.0307. The lowest BCUT2D eigenvalue weighted by atomic mass is 10.0. The summed E-state index contributed by atoms with van der Waals surface area (Å²) in [5, 5.41) is 11.9. The highest BCUT2D eigenvalue weighted by molar-refractivity contribution is 8.71. The number of fused-ring (bicyclic) bond motifs is 1. The molecule has 184 valence electrons. The van der Waals surface area contributed by atoms with Crippen LogP contribution in [0.2, 0.25) is 0 Å². The van der Waals surface area contributed by atoms with E-state index in [2.05, 4.69) is 21.3 Å². The number of nitrogens with one attached hydrogen (secondary N) is 4. The number of nitrogens with two attached hydrogens (primary N) is 1. The molecule has 0 aliphatic carbocycles. The molecule has 2 heterocycles. The number of carbonyl (C=O) groups is 3. The van der Waals surface area contributed by atoms with Gasteiger partial charge in [0.1, 0.15) is 0 Å². The molecule has 0 unspecified atom stereocenters. The van der Waals surface area contributed by atoms with Gasteiger partial charge >= 0.3 is 6.03 Å². The molecular weight excluding hydrogens is 474 g/mol. The Balaban J connectivity index is 1.43. The fourth-order valence-corrected chi connectivity index (χ4v) is 6.90. The summed E-state index contributed by atoms with van der Waals surface area (Å²) in [6, 6.07) is -0.267. The van der Waals surface area contributed by atoms with Crippen molar-refractivity contribution in [3.05, 3.63) is 0 Å². The van der Waals surface area contributed by atoms with E-state index < -0.39 is 14.9 Å². The molecule has 2 aliphatic heterocycles. The third-order valence-corrected chi connectivity index (χ3v) is 9.47. The van der Waals surface area contributed by atoms with Crippen LogP contribution in [0.25, 0.3) is 0 Å². The van der Waals surface area contributed by atoms with Crippen LogP contribution in [-0.2, 0) is 18.5 Å². The van der Waals surface area contributed by atoms with Crippen molar-refractivity contribution in [2.24, 2.45) is 5.73 Å². The molecule has 13 heteroatoms. The van der Waals surface area contributed by atoms with E-state index in [0.29, 0.717) is 31.1 Å². The smallest absolute Gasteiger partial charge is 0.315 e. The lowest BCUT2D eigenvalue weighted by Crippen LogP contribution is -2.41. The predicted octanol–water partition coefficient (Wildman–Crippen LogP) is 0.135. The van der Waals surface area contributed by atoms with Crippen molar-refractivity contribution < 1.29 is 22.8 Å². The maximum absolute atomic E-state index is 12.0. The van der Waals surface area contributed by atoms with Crippen LogP contribution in [0.4, 0.5) is 4.79 Å². The molecule has 0 aromatic rings. The molecule has 0 saturated carbocycles. The van der Waals surface area contributed by atoms with Crippen molar-refractivity contribution in [1.29, 1.82) is 0 Å². The van der Waals surface area contributed by atoms with Gasteiger partial charge in [-0.15, -0.1) is 0 Å². The first-order chi connectivity index (χ1) is 15.2. The first-order valence-corrected chi connectivity index (χ1v) is 15.4. The van der Waals surface area contributed by atoms with E-state index in [-0.39, 0.29) is 42.2 Å². The summed E-state index contributed by atoms with van der Waals surface area (Å²) in [5.41, 5.74) is 5.85. The number of amides is 4. The normalized spacial score (nSPS) is 23.2. The van der Waals surface area contributed by atoms with Gasteiger partial charge in [-0.3, -0.25) is 9.59 Å². The molecule has 6 N–H and O–H groups in total. The first kappa shape index (κ1) is 27.1. The summed E-state index contributed by atoms with van der Waals surface area (Å²) in [4.78, 5) is 35.2. The van der Waals surface area contributed by atoms with Crippen LogP contribution in [-0.4, -0.2) is 80.5 Å². The molecule has 4 atom stereocenters. The van der Waals surface area contributed by atoms with Gasteiger partial charge in [0.25, 0.3) is 0 Å². The highest BCUT2D eigenvalue weighted by Crippen LogP contribution is 2.33. The highest BCUT2D eigenvalue weighted by Gasteiger charge is 2.42. The zero-order valence-corrected chi connectivity index (χ0v) is 20.9. The summed E-state index contributed by atoms with van der Waals surface area (Å²) in [6.45, 7) is 0.810. The topological polar surface area (TPSA) is 159 Å². The number of thioether (sulfide) groups is 1. The van der Waals surface area contributed by atoms with Gasteiger partial charge in [0.2, 0.25) is 11.8 Å². The van der Waals surface area contributed by atoms with E-state index in [4.69, 9.17) is 5.73 Å². The molecule has 10 nitrogen and oxygen atoms in total. The van der Waals surface area contributed by atoms with E-state index in [0.717, 1.165) is 48.5 Å². The SMILES string of the molecule is CS(=O)(=O)SCCNC(=O)[C@@H](N)CCCCNC(=O)CCCC[C@@H]1SC[C@@H]2NC(=O)N[C@@H]21. The van der Waals surface area contributed by atoms with Crippen LogP contribution in [0.3, 0.4) is 0 Å². The summed E-state index contributed by atoms with van der Waals surface area (Å²) in [7, 11) is -2.31.